The van der Waals surface area contributed by atoms with Gasteiger partial charge in [0, 0.05) is 13.0 Å². The van der Waals surface area contributed by atoms with Gasteiger partial charge in [0.1, 0.15) is 0 Å². The monoisotopic (exact) mass is 354 g/mol. The van der Waals surface area contributed by atoms with Crippen molar-refractivity contribution in [1.82, 2.24) is 5.32 Å². The summed E-state index contributed by atoms with van der Waals surface area (Å²) < 4.78 is 26.3. The number of amides is 1. The van der Waals surface area contributed by atoms with Crippen molar-refractivity contribution in [3.05, 3.63) is 29.3 Å². The normalized spacial score (nSPS) is 11.8. The van der Waals surface area contributed by atoms with Gasteiger partial charge in [0.05, 0.1) is 18.5 Å². The number of carbonyl (C=O) groups is 1. The van der Waals surface area contributed by atoms with Crippen molar-refractivity contribution in [2.45, 2.75) is 52.9 Å². The Bertz CT molecular complexity index is 641. The third kappa shape index (κ3) is 5.23. The number of nitrogens with zero attached hydrogens (tertiary/aromatic N) is 1. The molecule has 1 aromatic rings. The lowest BCUT2D eigenvalue weighted by molar-refractivity contribution is -0.120. The van der Waals surface area contributed by atoms with E-state index in [1.165, 1.54) is 10.6 Å². The lowest BCUT2D eigenvalue weighted by atomic mass is 9.92. The molecule has 0 unspecified atom stereocenters. The highest BCUT2D eigenvalue weighted by molar-refractivity contribution is 7.92. The largest absolute Gasteiger partial charge is 0.354 e. The molecule has 1 amide bonds. The van der Waals surface area contributed by atoms with E-state index in [9.17, 15) is 13.2 Å². The van der Waals surface area contributed by atoms with Crippen LogP contribution in [-0.4, -0.2) is 33.7 Å². The molecule has 0 aromatic heterocycles. The first kappa shape index (κ1) is 20.5. The van der Waals surface area contributed by atoms with Gasteiger partial charge in [0.2, 0.25) is 15.9 Å². The molecule has 5 nitrogen and oxygen atoms in total. The Morgan fingerprint density at radius 2 is 1.62 bits per heavy atom. The molecule has 1 rings (SSSR count). The Kier molecular flexibility index (Phi) is 7.27. The van der Waals surface area contributed by atoms with Crippen LogP contribution in [0.25, 0.3) is 0 Å². The summed E-state index contributed by atoms with van der Waals surface area (Å²) in [4.78, 5) is 11.5. The van der Waals surface area contributed by atoms with E-state index in [2.05, 4.69) is 33.0 Å². The van der Waals surface area contributed by atoms with Crippen molar-refractivity contribution in [3.8, 4) is 0 Å². The minimum Gasteiger partial charge on any atom is -0.354 e. The third-order valence-corrected chi connectivity index (χ3v) is 5.12. The van der Waals surface area contributed by atoms with Crippen LogP contribution in [0.1, 0.15) is 64.0 Å². The summed E-state index contributed by atoms with van der Waals surface area (Å²) in [6.07, 6.45) is 1.61. The lowest BCUT2D eigenvalue weighted by Crippen LogP contribution is -2.39. The molecule has 24 heavy (non-hydrogen) atoms. The van der Waals surface area contributed by atoms with Crippen molar-refractivity contribution in [2.75, 3.05) is 23.7 Å². The molecule has 0 saturated carbocycles. The Morgan fingerprint density at radius 1 is 1.12 bits per heavy atom. The number of carbonyl (C=O) groups excluding carboxylic acids is 1. The summed E-state index contributed by atoms with van der Waals surface area (Å²) in [5.41, 5.74) is 2.78. The molecule has 0 radical (unpaired) electrons. The van der Waals surface area contributed by atoms with E-state index in [0.717, 1.165) is 16.8 Å². The predicted molar refractivity (Wildman–Crippen MR) is 100 cm³/mol. The molecule has 1 N–H and O–H groups in total. The number of para-hydroxylation sites is 1. The van der Waals surface area contributed by atoms with E-state index in [1.807, 2.05) is 18.2 Å². The van der Waals surface area contributed by atoms with Gasteiger partial charge in [0.25, 0.3) is 0 Å². The van der Waals surface area contributed by atoms with E-state index in [1.54, 1.807) is 6.92 Å². The topological polar surface area (TPSA) is 66.5 Å². The average molecular weight is 355 g/mol. The molecule has 0 atom stereocenters. The molecule has 1 aromatic carbocycles. The minimum absolute atomic E-state index is 0.0790. The molecule has 0 aliphatic carbocycles. The second kappa shape index (κ2) is 8.51. The van der Waals surface area contributed by atoms with Gasteiger partial charge in [-0.05, 0) is 23.0 Å². The Balaban J connectivity index is 3.34. The summed E-state index contributed by atoms with van der Waals surface area (Å²) >= 11 is 0. The summed E-state index contributed by atoms with van der Waals surface area (Å²) in [7, 11) is -3.45. The molecule has 0 aliphatic rings. The van der Waals surface area contributed by atoms with E-state index >= 15 is 0 Å². The zero-order valence-corrected chi connectivity index (χ0v) is 16.4. The van der Waals surface area contributed by atoms with Crippen LogP contribution >= 0.6 is 0 Å². The summed E-state index contributed by atoms with van der Waals surface area (Å²) in [6, 6.07) is 5.94. The van der Waals surface area contributed by atoms with Crippen molar-refractivity contribution in [3.63, 3.8) is 0 Å². The zero-order valence-electron chi connectivity index (χ0n) is 15.6. The van der Waals surface area contributed by atoms with Crippen LogP contribution in [0.15, 0.2) is 18.2 Å². The first-order chi connectivity index (χ1) is 11.1. The van der Waals surface area contributed by atoms with Gasteiger partial charge in [-0.2, -0.15) is 0 Å². The Hall–Kier alpha value is -1.56. The zero-order chi connectivity index (χ0) is 18.5. The second-order valence-electron chi connectivity index (χ2n) is 6.63. The highest BCUT2D eigenvalue weighted by atomic mass is 32.2. The number of benzene rings is 1. The molecule has 0 fully saturated rings. The molecule has 0 bridgehead atoms. The number of sulfonamides is 1. The average Bonchev–Trinajstić information content (AvgIpc) is 2.49. The summed E-state index contributed by atoms with van der Waals surface area (Å²) in [5, 5.41) is 2.76. The molecule has 0 spiro atoms. The molecule has 0 aliphatic heterocycles. The molecule has 136 valence electrons. The number of hydrogen-bond acceptors (Lipinski definition) is 3. The van der Waals surface area contributed by atoms with Gasteiger partial charge in [-0.1, -0.05) is 52.8 Å². The van der Waals surface area contributed by atoms with Crippen molar-refractivity contribution < 1.29 is 13.2 Å². The van der Waals surface area contributed by atoms with Crippen LogP contribution in [-0.2, 0) is 14.8 Å². The quantitative estimate of drug-likeness (QED) is 0.779. The van der Waals surface area contributed by atoms with Crippen LogP contribution < -0.4 is 9.62 Å². The molecular weight excluding hydrogens is 324 g/mol. The first-order valence-corrected chi connectivity index (χ1v) is 10.3. The van der Waals surface area contributed by atoms with E-state index < -0.39 is 10.0 Å². The van der Waals surface area contributed by atoms with Crippen molar-refractivity contribution in [1.29, 1.82) is 0 Å². The number of rotatable bonds is 8. The van der Waals surface area contributed by atoms with Crippen molar-refractivity contribution >= 4 is 21.6 Å². The first-order valence-electron chi connectivity index (χ1n) is 8.46. The number of nitrogens with one attached hydrogen (secondary N) is 1. The van der Waals surface area contributed by atoms with Gasteiger partial charge >= 0.3 is 0 Å². The van der Waals surface area contributed by atoms with Crippen LogP contribution in [0.5, 0.6) is 0 Å². The van der Waals surface area contributed by atoms with Crippen LogP contribution in [0.3, 0.4) is 0 Å². The maximum atomic E-state index is 12.4. The fraction of sp³-hybridized carbons (Fsp3) is 0.611. The van der Waals surface area contributed by atoms with E-state index in [-0.39, 0.29) is 24.3 Å². The van der Waals surface area contributed by atoms with Crippen LogP contribution in [0, 0.1) is 0 Å². The highest BCUT2D eigenvalue weighted by Crippen LogP contribution is 2.36. The second-order valence-corrected chi connectivity index (χ2v) is 8.54. The minimum atomic E-state index is -3.45. The third-order valence-electron chi connectivity index (χ3n) is 3.95. The SMILES string of the molecule is CCC(=O)NCCN(c1c(C(C)C)cccc1C(C)C)S(C)(=O)=O. The molecule has 6 heteroatoms. The highest BCUT2D eigenvalue weighted by Gasteiger charge is 2.25. The summed E-state index contributed by atoms with van der Waals surface area (Å²) in [5.74, 6) is 0.325. The smallest absolute Gasteiger partial charge is 0.232 e. The Morgan fingerprint density at radius 3 is 2.00 bits per heavy atom. The van der Waals surface area contributed by atoms with Crippen LogP contribution in [0.2, 0.25) is 0 Å². The maximum Gasteiger partial charge on any atom is 0.232 e. The van der Waals surface area contributed by atoms with E-state index in [0.29, 0.717) is 13.0 Å². The Labute approximate surface area is 146 Å². The van der Waals surface area contributed by atoms with Gasteiger partial charge < -0.3 is 5.32 Å². The van der Waals surface area contributed by atoms with Gasteiger partial charge in [-0.25, -0.2) is 8.42 Å². The molecule has 0 saturated heterocycles. The fourth-order valence-electron chi connectivity index (χ4n) is 2.67. The number of hydrogen-bond donors (Lipinski definition) is 1. The van der Waals surface area contributed by atoms with Crippen molar-refractivity contribution in [2.24, 2.45) is 0 Å². The number of anilines is 1. The standard InChI is InChI=1S/C18H30N2O3S/c1-7-17(21)19-11-12-20(24(6,22)23)18-15(13(2)3)9-8-10-16(18)14(4)5/h8-10,13-14H,7,11-12H2,1-6H3,(H,19,21). The summed E-state index contributed by atoms with van der Waals surface area (Å²) in [6.45, 7) is 10.5. The lowest BCUT2D eigenvalue weighted by Gasteiger charge is -2.30. The molecular formula is C18H30N2O3S. The fourth-order valence-corrected chi connectivity index (χ4v) is 3.63. The predicted octanol–water partition coefficient (Wildman–Crippen LogP) is 3.23. The van der Waals surface area contributed by atoms with Gasteiger partial charge in [-0.15, -0.1) is 0 Å². The maximum absolute atomic E-state index is 12.4. The van der Waals surface area contributed by atoms with E-state index in [4.69, 9.17) is 0 Å². The van der Waals surface area contributed by atoms with Gasteiger partial charge in [0.15, 0.2) is 0 Å². The molecule has 0 heterocycles. The van der Waals surface area contributed by atoms with Gasteiger partial charge in [-0.3, -0.25) is 9.10 Å². The van der Waals surface area contributed by atoms with Crippen LogP contribution in [0.4, 0.5) is 5.69 Å².